The van der Waals surface area contributed by atoms with E-state index in [-0.39, 0.29) is 11.8 Å². The van der Waals surface area contributed by atoms with Gasteiger partial charge in [0.15, 0.2) is 0 Å². The standard InChI is InChI=1S/C15H20N2O.C2HF3O2/c1-10-4-2-3-5-13(10)17-15(18)14-11-6-7-12(14)9-16-8-11;3-2(4,5)1(6)7/h2-5,11-12,14,16H,6-9H2,1H3,(H,17,18);(H,6,7). The number of alkyl halides is 3. The molecule has 2 bridgehead atoms. The van der Waals surface area contributed by atoms with Crippen molar-refractivity contribution < 1.29 is 27.9 Å². The lowest BCUT2D eigenvalue weighted by Crippen LogP contribution is -2.43. The molecule has 1 aromatic carbocycles. The Balaban J connectivity index is 0.000000277. The number of benzene rings is 1. The largest absolute Gasteiger partial charge is 0.490 e. The average Bonchev–Trinajstić information content (AvgIpc) is 2.79. The summed E-state index contributed by atoms with van der Waals surface area (Å²) in [5, 5.41) is 13.7. The van der Waals surface area contributed by atoms with Crippen molar-refractivity contribution in [1.29, 1.82) is 0 Å². The quantitative estimate of drug-likeness (QED) is 0.760. The van der Waals surface area contributed by atoms with Crippen molar-refractivity contribution in [2.75, 3.05) is 18.4 Å². The molecular weight excluding hydrogens is 337 g/mol. The number of fused-ring (bicyclic) bond motifs is 2. The Morgan fingerprint density at radius 2 is 1.68 bits per heavy atom. The molecule has 0 spiro atoms. The molecule has 1 aliphatic heterocycles. The van der Waals surface area contributed by atoms with Crippen LogP contribution in [0, 0.1) is 24.7 Å². The van der Waals surface area contributed by atoms with Crippen molar-refractivity contribution in [3.05, 3.63) is 29.8 Å². The smallest absolute Gasteiger partial charge is 0.475 e. The van der Waals surface area contributed by atoms with Crippen molar-refractivity contribution in [2.45, 2.75) is 25.9 Å². The Hall–Kier alpha value is -2.09. The molecule has 25 heavy (non-hydrogen) atoms. The van der Waals surface area contributed by atoms with Crippen molar-refractivity contribution in [3.63, 3.8) is 0 Å². The first-order chi connectivity index (χ1) is 11.7. The monoisotopic (exact) mass is 358 g/mol. The van der Waals surface area contributed by atoms with Gasteiger partial charge >= 0.3 is 12.1 Å². The summed E-state index contributed by atoms with van der Waals surface area (Å²) >= 11 is 0. The summed E-state index contributed by atoms with van der Waals surface area (Å²) in [6.07, 6.45) is -2.69. The zero-order valence-corrected chi connectivity index (χ0v) is 13.8. The second-order valence-electron chi connectivity index (χ2n) is 6.39. The molecule has 138 valence electrons. The van der Waals surface area contributed by atoms with E-state index in [0.717, 1.165) is 24.3 Å². The van der Waals surface area contributed by atoms with Gasteiger partial charge in [-0.1, -0.05) is 18.2 Å². The molecule has 1 saturated heterocycles. The topological polar surface area (TPSA) is 78.4 Å². The lowest BCUT2D eigenvalue weighted by molar-refractivity contribution is -0.192. The first-order valence-corrected chi connectivity index (χ1v) is 8.07. The zero-order chi connectivity index (χ0) is 18.6. The third kappa shape index (κ3) is 4.94. The van der Waals surface area contributed by atoms with Gasteiger partial charge in [-0.05, 0) is 56.3 Å². The number of rotatable bonds is 2. The number of carbonyl (C=O) groups excluding carboxylic acids is 1. The summed E-state index contributed by atoms with van der Waals surface area (Å²) in [6.45, 7) is 4.04. The Labute approximate surface area is 143 Å². The van der Waals surface area contributed by atoms with Crippen LogP contribution in [-0.4, -0.2) is 36.2 Å². The SMILES string of the molecule is Cc1ccccc1NC(=O)C1C2CCC1CNC2.O=C(O)C(F)(F)F. The molecule has 2 unspecified atom stereocenters. The molecule has 1 heterocycles. The number of carboxylic acids is 1. The summed E-state index contributed by atoms with van der Waals surface area (Å²) in [5.41, 5.74) is 2.09. The Morgan fingerprint density at radius 3 is 2.16 bits per heavy atom. The van der Waals surface area contributed by atoms with Crippen LogP contribution in [0.25, 0.3) is 0 Å². The van der Waals surface area contributed by atoms with Gasteiger partial charge in [0.2, 0.25) is 5.91 Å². The summed E-state index contributed by atoms with van der Waals surface area (Å²) in [5.74, 6) is -1.25. The van der Waals surface area contributed by atoms with Gasteiger partial charge in [0.1, 0.15) is 0 Å². The van der Waals surface area contributed by atoms with Gasteiger partial charge < -0.3 is 15.7 Å². The minimum atomic E-state index is -5.08. The number of carbonyl (C=O) groups is 2. The van der Waals surface area contributed by atoms with E-state index in [1.807, 2.05) is 31.2 Å². The lowest BCUT2D eigenvalue weighted by Gasteiger charge is -2.29. The van der Waals surface area contributed by atoms with Gasteiger partial charge in [-0.15, -0.1) is 0 Å². The van der Waals surface area contributed by atoms with E-state index in [4.69, 9.17) is 9.90 Å². The van der Waals surface area contributed by atoms with Crippen LogP contribution in [0.1, 0.15) is 18.4 Å². The number of aryl methyl sites for hydroxylation is 1. The zero-order valence-electron chi connectivity index (χ0n) is 13.8. The first kappa shape index (κ1) is 19.2. The molecule has 5 nitrogen and oxygen atoms in total. The Bertz CT molecular complexity index is 618. The fourth-order valence-electron chi connectivity index (χ4n) is 3.44. The fourth-order valence-corrected chi connectivity index (χ4v) is 3.44. The van der Waals surface area contributed by atoms with Crippen LogP contribution < -0.4 is 10.6 Å². The molecule has 1 amide bonds. The molecule has 1 saturated carbocycles. The molecule has 1 aromatic rings. The van der Waals surface area contributed by atoms with Crippen LogP contribution >= 0.6 is 0 Å². The minimum Gasteiger partial charge on any atom is -0.475 e. The molecular formula is C17H21F3N2O3. The van der Waals surface area contributed by atoms with Gasteiger partial charge in [-0.3, -0.25) is 4.79 Å². The average molecular weight is 358 g/mol. The molecule has 0 radical (unpaired) electrons. The number of piperidine rings is 1. The van der Waals surface area contributed by atoms with E-state index in [2.05, 4.69) is 10.6 Å². The van der Waals surface area contributed by atoms with Crippen LogP contribution in [0.3, 0.4) is 0 Å². The summed E-state index contributed by atoms with van der Waals surface area (Å²) < 4.78 is 31.7. The van der Waals surface area contributed by atoms with Gasteiger partial charge in [0.25, 0.3) is 0 Å². The molecule has 8 heteroatoms. The number of para-hydroxylation sites is 1. The number of anilines is 1. The molecule has 3 rings (SSSR count). The normalized spacial score (nSPS) is 24.9. The van der Waals surface area contributed by atoms with Crippen LogP contribution in [-0.2, 0) is 9.59 Å². The predicted octanol–water partition coefficient (Wildman–Crippen LogP) is 2.81. The highest BCUT2D eigenvalue weighted by atomic mass is 19.4. The molecule has 2 atom stereocenters. The number of aliphatic carboxylic acids is 1. The van der Waals surface area contributed by atoms with Gasteiger partial charge in [0.05, 0.1) is 0 Å². The summed E-state index contributed by atoms with van der Waals surface area (Å²) in [7, 11) is 0. The molecule has 2 fully saturated rings. The van der Waals surface area contributed by atoms with Gasteiger partial charge in [-0.2, -0.15) is 13.2 Å². The number of amides is 1. The summed E-state index contributed by atoms with van der Waals surface area (Å²) in [4.78, 5) is 21.3. The van der Waals surface area contributed by atoms with E-state index in [1.165, 1.54) is 12.8 Å². The van der Waals surface area contributed by atoms with Crippen LogP contribution in [0.5, 0.6) is 0 Å². The molecule has 0 aromatic heterocycles. The van der Waals surface area contributed by atoms with Crippen LogP contribution in [0.2, 0.25) is 0 Å². The predicted molar refractivity (Wildman–Crippen MR) is 86.1 cm³/mol. The van der Waals surface area contributed by atoms with Crippen molar-refractivity contribution in [2.24, 2.45) is 17.8 Å². The second-order valence-corrected chi connectivity index (χ2v) is 6.39. The second kappa shape index (κ2) is 7.86. The minimum absolute atomic E-state index is 0.214. The third-order valence-electron chi connectivity index (χ3n) is 4.69. The Kier molecular flexibility index (Phi) is 6.05. The van der Waals surface area contributed by atoms with Crippen LogP contribution in [0.4, 0.5) is 18.9 Å². The van der Waals surface area contributed by atoms with Crippen molar-refractivity contribution in [3.8, 4) is 0 Å². The lowest BCUT2D eigenvalue weighted by atomic mass is 9.85. The number of carboxylic acid groups (broad SMARTS) is 1. The number of nitrogens with one attached hydrogen (secondary N) is 2. The van der Waals surface area contributed by atoms with E-state index >= 15 is 0 Å². The van der Waals surface area contributed by atoms with E-state index in [9.17, 15) is 18.0 Å². The summed E-state index contributed by atoms with van der Waals surface area (Å²) in [6, 6.07) is 7.99. The fraction of sp³-hybridized carbons (Fsp3) is 0.529. The van der Waals surface area contributed by atoms with E-state index in [1.54, 1.807) is 0 Å². The highest BCUT2D eigenvalue weighted by Crippen LogP contribution is 2.39. The van der Waals surface area contributed by atoms with Crippen molar-refractivity contribution >= 4 is 17.6 Å². The maximum Gasteiger partial charge on any atom is 0.490 e. The highest BCUT2D eigenvalue weighted by molar-refractivity contribution is 5.94. The van der Waals surface area contributed by atoms with Crippen LogP contribution in [0.15, 0.2) is 24.3 Å². The van der Waals surface area contributed by atoms with E-state index < -0.39 is 12.1 Å². The molecule has 1 aliphatic carbocycles. The number of halogens is 3. The molecule has 2 aliphatic rings. The third-order valence-corrected chi connectivity index (χ3v) is 4.69. The van der Waals surface area contributed by atoms with Gasteiger partial charge in [0, 0.05) is 11.6 Å². The number of hydrogen-bond donors (Lipinski definition) is 3. The maximum atomic E-state index is 12.4. The van der Waals surface area contributed by atoms with E-state index in [0.29, 0.717) is 11.8 Å². The first-order valence-electron chi connectivity index (χ1n) is 8.07. The Morgan fingerprint density at radius 1 is 1.16 bits per heavy atom. The maximum absolute atomic E-state index is 12.4. The van der Waals surface area contributed by atoms with Gasteiger partial charge in [-0.25, -0.2) is 4.79 Å². The molecule has 3 N–H and O–H groups in total. The number of hydrogen-bond acceptors (Lipinski definition) is 3. The highest BCUT2D eigenvalue weighted by Gasteiger charge is 2.43. The van der Waals surface area contributed by atoms with Crippen molar-refractivity contribution in [1.82, 2.24) is 5.32 Å².